The number of carbonyl (C=O) groups excluding carboxylic acids is 1. The van der Waals surface area contributed by atoms with Gasteiger partial charge in [-0.05, 0) is 42.3 Å². The van der Waals surface area contributed by atoms with Gasteiger partial charge in [0.1, 0.15) is 11.4 Å². The Morgan fingerprint density at radius 1 is 1.17 bits per heavy atom. The average Bonchev–Trinajstić information content (AvgIpc) is 3.45. The van der Waals surface area contributed by atoms with Gasteiger partial charge in [0.15, 0.2) is 5.16 Å². The molecule has 0 radical (unpaired) electrons. The summed E-state index contributed by atoms with van der Waals surface area (Å²) in [5.41, 5.74) is 3.67. The first-order chi connectivity index (χ1) is 17.5. The fraction of sp³-hybridized carbons (Fsp3) is 0.231. The Balaban J connectivity index is 1.45. The van der Waals surface area contributed by atoms with Crippen LogP contribution in [0.3, 0.4) is 0 Å². The van der Waals surface area contributed by atoms with Gasteiger partial charge in [-0.15, -0.1) is 21.5 Å². The number of thioether (sulfide) groups is 1. The standard InChI is InChI=1S/C26H24N6O2S2/c1-16-7-6-8-17(13-16)27-21(33)15-35-26-29-28-25-31(18-9-4-3-5-10-18)23(34)22-19-11-12-30(2)14-20(19)36-24(22)32(25)26/h3-10,13H,11-12,14-15H2,1-2H3,(H,27,33)/p+1. The molecule has 1 aliphatic rings. The number of anilines is 1. The second kappa shape index (κ2) is 9.20. The Morgan fingerprint density at radius 2 is 2.00 bits per heavy atom. The number of aromatic nitrogens is 4. The first-order valence-corrected chi connectivity index (χ1v) is 13.6. The van der Waals surface area contributed by atoms with E-state index in [9.17, 15) is 9.59 Å². The first-order valence-electron chi connectivity index (χ1n) is 11.8. The summed E-state index contributed by atoms with van der Waals surface area (Å²) in [6, 6.07) is 17.3. The van der Waals surface area contributed by atoms with Crippen LogP contribution in [0.15, 0.2) is 64.5 Å². The predicted molar refractivity (Wildman–Crippen MR) is 144 cm³/mol. The number of nitrogens with one attached hydrogen (secondary N) is 2. The van der Waals surface area contributed by atoms with E-state index in [1.165, 1.54) is 21.5 Å². The zero-order valence-corrected chi connectivity index (χ0v) is 21.6. The number of fused-ring (bicyclic) bond motifs is 5. The maximum atomic E-state index is 13.9. The average molecular weight is 518 g/mol. The molecule has 6 rings (SSSR count). The second-order valence-electron chi connectivity index (χ2n) is 9.12. The van der Waals surface area contributed by atoms with E-state index in [0.29, 0.717) is 10.9 Å². The highest BCUT2D eigenvalue weighted by molar-refractivity contribution is 7.99. The molecule has 0 aliphatic carbocycles. The number of rotatable bonds is 5. The predicted octanol–water partition coefficient (Wildman–Crippen LogP) is 2.70. The van der Waals surface area contributed by atoms with Gasteiger partial charge in [0.05, 0.1) is 35.3 Å². The van der Waals surface area contributed by atoms with Crippen molar-refractivity contribution in [2.45, 2.75) is 25.0 Å². The minimum absolute atomic E-state index is 0.0677. The fourth-order valence-electron chi connectivity index (χ4n) is 4.72. The van der Waals surface area contributed by atoms with Gasteiger partial charge in [-0.25, -0.2) is 8.97 Å². The Bertz CT molecular complexity index is 1670. The van der Waals surface area contributed by atoms with Crippen LogP contribution in [0.2, 0.25) is 0 Å². The number of aryl methyl sites for hydroxylation is 1. The van der Waals surface area contributed by atoms with Gasteiger partial charge in [-0.1, -0.05) is 42.1 Å². The van der Waals surface area contributed by atoms with Crippen molar-refractivity contribution in [3.05, 3.63) is 81.0 Å². The number of nitrogens with zero attached hydrogens (tertiary/aromatic N) is 4. The molecule has 8 nitrogen and oxygen atoms in total. The van der Waals surface area contributed by atoms with Crippen molar-refractivity contribution in [2.75, 3.05) is 24.7 Å². The van der Waals surface area contributed by atoms with Crippen molar-refractivity contribution >= 4 is 50.7 Å². The zero-order chi connectivity index (χ0) is 24.8. The van der Waals surface area contributed by atoms with Gasteiger partial charge in [0, 0.05) is 12.1 Å². The highest BCUT2D eigenvalue weighted by atomic mass is 32.2. The molecule has 1 atom stereocenters. The van der Waals surface area contributed by atoms with E-state index in [1.807, 2.05) is 65.9 Å². The van der Waals surface area contributed by atoms with Crippen LogP contribution in [0.4, 0.5) is 5.69 Å². The lowest BCUT2D eigenvalue weighted by atomic mass is 10.1. The van der Waals surface area contributed by atoms with Crippen LogP contribution in [-0.2, 0) is 17.8 Å². The van der Waals surface area contributed by atoms with Crippen LogP contribution >= 0.6 is 23.1 Å². The second-order valence-corrected chi connectivity index (χ2v) is 11.1. The topological polar surface area (TPSA) is 85.7 Å². The maximum absolute atomic E-state index is 13.9. The Hall–Kier alpha value is -3.47. The molecule has 0 bridgehead atoms. The normalized spacial score (nSPS) is 15.3. The lowest BCUT2D eigenvalue weighted by Gasteiger charge is -2.19. The summed E-state index contributed by atoms with van der Waals surface area (Å²) in [5.74, 6) is 0.517. The summed E-state index contributed by atoms with van der Waals surface area (Å²) in [6.45, 7) is 3.87. The molecular weight excluding hydrogens is 492 g/mol. The van der Waals surface area contributed by atoms with Gasteiger partial charge in [-0.2, -0.15) is 0 Å². The minimum atomic E-state index is -0.120. The Morgan fingerprint density at radius 3 is 2.81 bits per heavy atom. The molecule has 5 aromatic rings. The highest BCUT2D eigenvalue weighted by Crippen LogP contribution is 2.33. The SMILES string of the molecule is Cc1cccc(NC(=O)CSc2nnc3n(-c4ccccc4)c(=O)c4c5c(sc4n23)C[NH+](C)CC5)c1. The molecule has 0 saturated carbocycles. The minimum Gasteiger partial charge on any atom is -0.333 e. The van der Waals surface area contributed by atoms with Crippen molar-refractivity contribution in [1.82, 2.24) is 19.2 Å². The molecular formula is C26H25N6O2S2+. The molecule has 0 fully saturated rings. The number of likely N-dealkylation sites (N-methyl/N-ethyl adjacent to an activating group) is 1. The van der Waals surface area contributed by atoms with Crippen LogP contribution in [0, 0.1) is 6.92 Å². The van der Waals surface area contributed by atoms with Crippen LogP contribution in [0.25, 0.3) is 21.7 Å². The number of para-hydroxylation sites is 1. The molecule has 1 unspecified atom stereocenters. The van der Waals surface area contributed by atoms with Crippen molar-refractivity contribution in [1.29, 1.82) is 0 Å². The van der Waals surface area contributed by atoms with Crippen LogP contribution in [0.1, 0.15) is 16.0 Å². The Kier molecular flexibility index (Phi) is 5.87. The van der Waals surface area contributed by atoms with Crippen molar-refractivity contribution < 1.29 is 9.69 Å². The summed E-state index contributed by atoms with van der Waals surface area (Å²) >= 11 is 2.97. The number of thiophene rings is 1. The molecule has 3 aromatic heterocycles. The third kappa shape index (κ3) is 4.01. The number of quaternary nitrogens is 1. The van der Waals surface area contributed by atoms with Gasteiger partial charge >= 0.3 is 0 Å². The summed E-state index contributed by atoms with van der Waals surface area (Å²) in [4.78, 5) is 30.1. The summed E-state index contributed by atoms with van der Waals surface area (Å²) < 4.78 is 3.59. The van der Waals surface area contributed by atoms with E-state index >= 15 is 0 Å². The molecule has 4 heterocycles. The van der Waals surface area contributed by atoms with E-state index in [4.69, 9.17) is 0 Å². The quantitative estimate of drug-likeness (QED) is 0.350. The summed E-state index contributed by atoms with van der Waals surface area (Å²) in [6.07, 6.45) is 0.861. The first kappa shape index (κ1) is 23.0. The van der Waals surface area contributed by atoms with Gasteiger partial charge < -0.3 is 10.2 Å². The van der Waals surface area contributed by atoms with E-state index in [2.05, 4.69) is 22.6 Å². The largest absolute Gasteiger partial charge is 0.333 e. The van der Waals surface area contributed by atoms with E-state index in [1.54, 1.807) is 15.9 Å². The summed E-state index contributed by atoms with van der Waals surface area (Å²) in [5, 5.41) is 13.1. The number of hydrogen-bond acceptors (Lipinski definition) is 6. The van der Waals surface area contributed by atoms with Crippen LogP contribution in [0.5, 0.6) is 0 Å². The Labute approximate surface area is 215 Å². The number of amides is 1. The lowest BCUT2D eigenvalue weighted by Crippen LogP contribution is -3.08. The van der Waals surface area contributed by atoms with Gasteiger partial charge in [0.25, 0.3) is 5.56 Å². The fourth-order valence-corrected chi connectivity index (χ4v) is 6.97. The molecule has 2 aromatic carbocycles. The molecule has 36 heavy (non-hydrogen) atoms. The molecule has 10 heteroatoms. The van der Waals surface area contributed by atoms with Crippen LogP contribution in [-0.4, -0.2) is 44.4 Å². The molecule has 1 amide bonds. The molecule has 2 N–H and O–H groups in total. The lowest BCUT2D eigenvalue weighted by molar-refractivity contribution is -0.895. The highest BCUT2D eigenvalue weighted by Gasteiger charge is 2.28. The van der Waals surface area contributed by atoms with E-state index in [0.717, 1.165) is 52.2 Å². The molecule has 0 saturated heterocycles. The van der Waals surface area contributed by atoms with Gasteiger partial charge in [0.2, 0.25) is 11.7 Å². The van der Waals surface area contributed by atoms with Crippen molar-refractivity contribution in [3.8, 4) is 5.69 Å². The number of hydrogen-bond donors (Lipinski definition) is 2. The van der Waals surface area contributed by atoms with Crippen molar-refractivity contribution in [2.24, 2.45) is 0 Å². The number of carbonyl (C=O) groups is 1. The van der Waals surface area contributed by atoms with Gasteiger partial charge in [-0.3, -0.25) is 9.59 Å². The molecule has 1 aliphatic heterocycles. The zero-order valence-electron chi connectivity index (χ0n) is 19.9. The van der Waals surface area contributed by atoms with E-state index in [-0.39, 0.29) is 17.2 Å². The summed E-state index contributed by atoms with van der Waals surface area (Å²) in [7, 11) is 2.18. The third-order valence-corrected chi connectivity index (χ3v) is 8.57. The van der Waals surface area contributed by atoms with E-state index < -0.39 is 0 Å². The smallest absolute Gasteiger partial charge is 0.268 e. The van der Waals surface area contributed by atoms with Crippen LogP contribution < -0.4 is 15.8 Å². The number of benzene rings is 2. The molecule has 0 spiro atoms. The monoisotopic (exact) mass is 517 g/mol. The van der Waals surface area contributed by atoms with Crippen molar-refractivity contribution in [3.63, 3.8) is 0 Å². The molecule has 182 valence electrons. The third-order valence-electron chi connectivity index (χ3n) is 6.42. The maximum Gasteiger partial charge on any atom is 0.268 e.